The van der Waals surface area contributed by atoms with Crippen molar-refractivity contribution in [1.29, 1.82) is 0 Å². The Labute approximate surface area is 241 Å². The van der Waals surface area contributed by atoms with Gasteiger partial charge in [-0.3, -0.25) is 14.4 Å². The number of fused-ring (bicyclic) bond motifs is 1. The maximum atomic E-state index is 14.1. The van der Waals surface area contributed by atoms with E-state index in [1.165, 1.54) is 19.3 Å². The third-order valence-corrected chi connectivity index (χ3v) is 9.95. The van der Waals surface area contributed by atoms with Crippen LogP contribution >= 0.6 is 11.6 Å². The van der Waals surface area contributed by atoms with Crippen molar-refractivity contribution in [3.05, 3.63) is 41.4 Å². The molecule has 9 heteroatoms. The molecule has 1 spiro atoms. The first-order valence-corrected chi connectivity index (χ1v) is 15.5. The number of hydrogen-bond acceptors (Lipinski definition) is 5. The quantitative estimate of drug-likeness (QED) is 0.463. The molecular formula is C31H41ClN4O4. The number of carbonyl (C=O) groups excluding carboxylic acids is 3. The summed E-state index contributed by atoms with van der Waals surface area (Å²) in [6.45, 7) is 5.81. The van der Waals surface area contributed by atoms with Crippen LogP contribution in [0.5, 0.6) is 0 Å². The Morgan fingerprint density at radius 2 is 1.85 bits per heavy atom. The van der Waals surface area contributed by atoms with Crippen LogP contribution in [0.15, 0.2) is 36.4 Å². The number of amides is 3. The number of anilines is 1. The van der Waals surface area contributed by atoms with Gasteiger partial charge in [0, 0.05) is 23.3 Å². The van der Waals surface area contributed by atoms with Gasteiger partial charge in [0.25, 0.3) is 0 Å². The molecule has 40 heavy (non-hydrogen) atoms. The van der Waals surface area contributed by atoms with Crippen LogP contribution in [0.2, 0.25) is 5.02 Å². The van der Waals surface area contributed by atoms with Gasteiger partial charge in [0.1, 0.15) is 11.6 Å². The van der Waals surface area contributed by atoms with E-state index in [2.05, 4.69) is 22.5 Å². The Morgan fingerprint density at radius 1 is 1.07 bits per heavy atom. The number of nitrogens with zero attached hydrogens (tertiary/aromatic N) is 2. The molecule has 5 atom stereocenters. The molecule has 2 N–H and O–H groups in total. The zero-order chi connectivity index (χ0) is 27.9. The number of ether oxygens (including phenoxy) is 1. The van der Waals surface area contributed by atoms with Gasteiger partial charge in [-0.05, 0) is 75.9 Å². The fourth-order valence-corrected chi connectivity index (χ4v) is 7.77. The highest BCUT2D eigenvalue weighted by molar-refractivity contribution is 6.30. The van der Waals surface area contributed by atoms with Gasteiger partial charge in [-0.2, -0.15) is 0 Å². The van der Waals surface area contributed by atoms with Crippen molar-refractivity contribution in [2.75, 3.05) is 31.5 Å². The Bertz CT molecular complexity index is 1160. The van der Waals surface area contributed by atoms with Gasteiger partial charge in [-0.25, -0.2) is 0 Å². The second kappa shape index (κ2) is 11.5. The number of piperidine rings is 1. The summed E-state index contributed by atoms with van der Waals surface area (Å²) in [5, 5.41) is 6.72. The molecule has 4 heterocycles. The molecule has 6 rings (SSSR count). The first kappa shape index (κ1) is 27.7. The SMILES string of the molecule is CC1CCN(CCCN2C(=O)[C@@H]3[C@@H](C(=O)Nc4cccc(Cl)c4)[C@@H]4C=C[C@@]3(O4)[C@@H]2C(=O)NC2CCCCC2)CC1. The average Bonchev–Trinajstić information content (AvgIpc) is 3.58. The molecule has 3 amide bonds. The lowest BCUT2D eigenvalue weighted by Gasteiger charge is -2.35. The smallest absolute Gasteiger partial charge is 0.246 e. The summed E-state index contributed by atoms with van der Waals surface area (Å²) in [6, 6.07) is 6.31. The number of rotatable bonds is 8. The van der Waals surface area contributed by atoms with Crippen LogP contribution in [0, 0.1) is 17.8 Å². The van der Waals surface area contributed by atoms with Gasteiger partial charge in [-0.1, -0.05) is 56.0 Å². The van der Waals surface area contributed by atoms with Gasteiger partial charge >= 0.3 is 0 Å². The molecule has 4 fully saturated rings. The number of likely N-dealkylation sites (tertiary alicyclic amines) is 2. The van der Waals surface area contributed by atoms with Crippen molar-refractivity contribution < 1.29 is 19.1 Å². The molecule has 2 bridgehead atoms. The summed E-state index contributed by atoms with van der Waals surface area (Å²) in [6.07, 6.45) is 11.7. The summed E-state index contributed by atoms with van der Waals surface area (Å²) >= 11 is 6.13. The molecule has 1 saturated carbocycles. The predicted molar refractivity (Wildman–Crippen MR) is 154 cm³/mol. The number of hydrogen-bond donors (Lipinski definition) is 2. The normalized spacial score (nSPS) is 32.5. The lowest BCUT2D eigenvalue weighted by Crippen LogP contribution is -2.56. The first-order chi connectivity index (χ1) is 19.4. The van der Waals surface area contributed by atoms with E-state index in [1.807, 2.05) is 12.2 Å². The van der Waals surface area contributed by atoms with Crippen LogP contribution in [0.4, 0.5) is 5.69 Å². The molecule has 0 aromatic heterocycles. The molecule has 216 valence electrons. The highest BCUT2D eigenvalue weighted by atomic mass is 35.5. The molecule has 1 aromatic carbocycles. The third kappa shape index (κ3) is 5.19. The molecule has 8 nitrogen and oxygen atoms in total. The highest BCUT2D eigenvalue weighted by Crippen LogP contribution is 2.55. The molecule has 3 saturated heterocycles. The highest BCUT2D eigenvalue weighted by Gasteiger charge is 2.72. The molecular weight excluding hydrogens is 528 g/mol. The number of carbonyl (C=O) groups is 3. The minimum Gasteiger partial charge on any atom is -0.359 e. The monoisotopic (exact) mass is 568 g/mol. The van der Waals surface area contributed by atoms with E-state index < -0.39 is 29.6 Å². The second-order valence-corrected chi connectivity index (χ2v) is 12.9. The standard InChI is InChI=1S/C31H41ClN4O4/c1-20-12-17-35(18-13-20)15-6-16-36-27(29(38)33-22-8-3-2-4-9-22)31-14-11-24(40-31)25(26(31)30(36)39)28(37)34-23-10-5-7-21(32)19-23/h5,7,10-11,14,19-20,22,24-27H,2-4,6,8-9,12-13,15-18H2,1H3,(H,33,38)(H,34,37)/t24-,25-,26-,27-,31-/m0/s1. The van der Waals surface area contributed by atoms with Crippen molar-refractivity contribution in [3.63, 3.8) is 0 Å². The van der Waals surface area contributed by atoms with Gasteiger partial charge < -0.3 is 25.2 Å². The maximum absolute atomic E-state index is 14.1. The Balaban J connectivity index is 1.22. The number of benzene rings is 1. The lowest BCUT2D eigenvalue weighted by atomic mass is 9.74. The van der Waals surface area contributed by atoms with Crippen LogP contribution in [-0.4, -0.2) is 77.5 Å². The third-order valence-electron chi connectivity index (χ3n) is 9.72. The first-order valence-electron chi connectivity index (χ1n) is 15.1. The minimum atomic E-state index is -1.13. The van der Waals surface area contributed by atoms with E-state index in [0.717, 1.165) is 57.7 Å². The fourth-order valence-electron chi connectivity index (χ4n) is 7.58. The molecule has 0 radical (unpaired) electrons. The Morgan fingerprint density at radius 3 is 2.60 bits per heavy atom. The summed E-state index contributed by atoms with van der Waals surface area (Å²) in [4.78, 5) is 45.9. The molecule has 1 aliphatic carbocycles. The molecule has 1 aromatic rings. The molecule has 0 unspecified atom stereocenters. The van der Waals surface area contributed by atoms with Gasteiger partial charge in [0.05, 0.1) is 17.9 Å². The van der Waals surface area contributed by atoms with Crippen molar-refractivity contribution in [2.24, 2.45) is 17.8 Å². The zero-order valence-electron chi connectivity index (χ0n) is 23.3. The van der Waals surface area contributed by atoms with Crippen LogP contribution in [-0.2, 0) is 19.1 Å². The van der Waals surface area contributed by atoms with Crippen LogP contribution in [0.1, 0.15) is 58.3 Å². The Kier molecular flexibility index (Phi) is 7.94. The van der Waals surface area contributed by atoms with Crippen LogP contribution < -0.4 is 10.6 Å². The summed E-state index contributed by atoms with van der Waals surface area (Å²) in [7, 11) is 0. The van der Waals surface area contributed by atoms with Crippen LogP contribution in [0.25, 0.3) is 0 Å². The molecule has 5 aliphatic rings. The average molecular weight is 569 g/mol. The summed E-state index contributed by atoms with van der Waals surface area (Å²) in [5.74, 6) is -1.29. The van der Waals surface area contributed by atoms with Crippen molar-refractivity contribution >= 4 is 35.0 Å². The topological polar surface area (TPSA) is 91.0 Å². The lowest BCUT2D eigenvalue weighted by molar-refractivity contribution is -0.141. The van der Waals surface area contributed by atoms with Gasteiger partial charge in [-0.15, -0.1) is 0 Å². The number of nitrogens with one attached hydrogen (secondary N) is 2. The van der Waals surface area contributed by atoms with Crippen molar-refractivity contribution in [3.8, 4) is 0 Å². The van der Waals surface area contributed by atoms with Crippen molar-refractivity contribution in [1.82, 2.24) is 15.1 Å². The minimum absolute atomic E-state index is 0.119. The van der Waals surface area contributed by atoms with E-state index in [0.29, 0.717) is 17.3 Å². The fraction of sp³-hybridized carbons (Fsp3) is 0.645. The van der Waals surface area contributed by atoms with Crippen molar-refractivity contribution in [2.45, 2.75) is 82.1 Å². The predicted octanol–water partition coefficient (Wildman–Crippen LogP) is 4.00. The Hall–Kier alpha value is -2.42. The van der Waals surface area contributed by atoms with Crippen LogP contribution in [0.3, 0.4) is 0 Å². The largest absolute Gasteiger partial charge is 0.359 e. The van der Waals surface area contributed by atoms with E-state index in [1.54, 1.807) is 29.2 Å². The zero-order valence-corrected chi connectivity index (χ0v) is 24.1. The van der Waals surface area contributed by atoms with E-state index in [4.69, 9.17) is 16.3 Å². The summed E-state index contributed by atoms with van der Waals surface area (Å²) in [5.41, 5.74) is -0.555. The maximum Gasteiger partial charge on any atom is 0.246 e. The molecule has 4 aliphatic heterocycles. The second-order valence-electron chi connectivity index (χ2n) is 12.5. The summed E-state index contributed by atoms with van der Waals surface area (Å²) < 4.78 is 6.48. The number of halogens is 1. The van der Waals surface area contributed by atoms with E-state index >= 15 is 0 Å². The van der Waals surface area contributed by atoms with E-state index in [-0.39, 0.29) is 23.8 Å². The van der Waals surface area contributed by atoms with E-state index in [9.17, 15) is 14.4 Å². The van der Waals surface area contributed by atoms with Gasteiger partial charge in [0.2, 0.25) is 17.7 Å². The van der Waals surface area contributed by atoms with Gasteiger partial charge in [0.15, 0.2) is 0 Å².